The van der Waals surface area contributed by atoms with Gasteiger partial charge in [0.15, 0.2) is 0 Å². The van der Waals surface area contributed by atoms with Gasteiger partial charge in [-0.25, -0.2) is 0 Å². The van der Waals surface area contributed by atoms with E-state index >= 15 is 0 Å². The van der Waals surface area contributed by atoms with Crippen LogP contribution in [0.5, 0.6) is 0 Å². The highest BCUT2D eigenvalue weighted by atomic mass is 19.4. The molecule has 80 valence electrons. The normalized spacial score (nSPS) is 15.5. The first-order valence-electron chi connectivity index (χ1n) is 4.81. The van der Waals surface area contributed by atoms with Gasteiger partial charge in [0.1, 0.15) is 0 Å². The molecule has 0 saturated carbocycles. The lowest BCUT2D eigenvalue weighted by Crippen LogP contribution is -2.27. The summed E-state index contributed by atoms with van der Waals surface area (Å²) in [6, 6.07) is 0. The van der Waals surface area contributed by atoms with E-state index in [2.05, 4.69) is 0 Å². The van der Waals surface area contributed by atoms with Crippen LogP contribution in [0, 0.1) is 17.8 Å². The van der Waals surface area contributed by atoms with Crippen molar-refractivity contribution in [2.75, 3.05) is 0 Å². The molecule has 0 fully saturated rings. The summed E-state index contributed by atoms with van der Waals surface area (Å²) in [6.07, 6.45) is -3.11. The lowest BCUT2D eigenvalue weighted by molar-refractivity contribution is -0.188. The van der Waals surface area contributed by atoms with E-state index in [9.17, 15) is 13.2 Å². The van der Waals surface area contributed by atoms with Crippen LogP contribution in [0.15, 0.2) is 0 Å². The molecule has 0 aliphatic rings. The Hall–Kier alpha value is -0.210. The fourth-order valence-corrected chi connectivity index (χ4v) is 1.39. The minimum Gasteiger partial charge on any atom is -0.171 e. The summed E-state index contributed by atoms with van der Waals surface area (Å²) in [5.74, 6) is -1.09. The van der Waals surface area contributed by atoms with Gasteiger partial charge >= 0.3 is 6.18 Å². The Morgan fingerprint density at radius 2 is 1.38 bits per heavy atom. The van der Waals surface area contributed by atoms with E-state index in [-0.39, 0.29) is 12.3 Å². The summed E-state index contributed by atoms with van der Waals surface area (Å²) in [5.41, 5.74) is 0. The van der Waals surface area contributed by atoms with Crippen molar-refractivity contribution < 1.29 is 13.2 Å². The Balaban J connectivity index is 4.12. The van der Waals surface area contributed by atoms with E-state index in [1.54, 1.807) is 13.8 Å². The zero-order valence-electron chi connectivity index (χ0n) is 8.78. The molecule has 3 heteroatoms. The van der Waals surface area contributed by atoms with Gasteiger partial charge < -0.3 is 0 Å². The molecule has 0 aliphatic carbocycles. The third-order valence-electron chi connectivity index (χ3n) is 2.28. The molecule has 0 aromatic carbocycles. The van der Waals surface area contributed by atoms with E-state index < -0.39 is 12.1 Å². The van der Waals surface area contributed by atoms with Crippen LogP contribution in [0.4, 0.5) is 13.2 Å². The number of alkyl halides is 3. The van der Waals surface area contributed by atoms with Gasteiger partial charge in [-0.05, 0) is 18.3 Å². The summed E-state index contributed by atoms with van der Waals surface area (Å²) in [4.78, 5) is 0. The van der Waals surface area contributed by atoms with Crippen molar-refractivity contribution in [2.24, 2.45) is 17.8 Å². The molecule has 0 bridgehead atoms. The summed E-state index contributed by atoms with van der Waals surface area (Å²) in [7, 11) is 0. The molecule has 0 aromatic heterocycles. The minimum atomic E-state index is -4.02. The highest BCUT2D eigenvalue weighted by Crippen LogP contribution is 2.35. The molecule has 0 nitrogen and oxygen atoms in total. The van der Waals surface area contributed by atoms with E-state index in [0.29, 0.717) is 12.3 Å². The molecule has 1 atom stereocenters. The molecule has 0 unspecified atom stereocenters. The Bertz CT molecular complexity index is 136. The van der Waals surface area contributed by atoms with Crippen molar-refractivity contribution in [1.82, 2.24) is 0 Å². The molecule has 0 radical (unpaired) electrons. The van der Waals surface area contributed by atoms with Crippen LogP contribution in [0.2, 0.25) is 0 Å². The van der Waals surface area contributed by atoms with Gasteiger partial charge in [-0.2, -0.15) is 13.2 Å². The first-order chi connectivity index (χ1) is 5.75. The molecule has 0 aromatic rings. The third-order valence-corrected chi connectivity index (χ3v) is 2.28. The smallest absolute Gasteiger partial charge is 0.171 e. The highest BCUT2D eigenvalue weighted by Gasteiger charge is 2.40. The van der Waals surface area contributed by atoms with Crippen LogP contribution >= 0.6 is 0 Å². The minimum absolute atomic E-state index is 0.263. The van der Waals surface area contributed by atoms with E-state index in [1.165, 1.54) is 0 Å². The van der Waals surface area contributed by atoms with Crippen molar-refractivity contribution in [3.05, 3.63) is 0 Å². The average molecular weight is 196 g/mol. The van der Waals surface area contributed by atoms with Gasteiger partial charge in [0.25, 0.3) is 0 Å². The highest BCUT2D eigenvalue weighted by molar-refractivity contribution is 4.71. The molecule has 0 spiro atoms. The Morgan fingerprint density at radius 3 is 1.62 bits per heavy atom. The Labute approximate surface area is 78.5 Å². The largest absolute Gasteiger partial charge is 0.392 e. The molecular formula is C10H19F3. The van der Waals surface area contributed by atoms with Gasteiger partial charge in [0, 0.05) is 0 Å². The fourth-order valence-electron chi connectivity index (χ4n) is 1.39. The maximum Gasteiger partial charge on any atom is 0.392 e. The zero-order valence-corrected chi connectivity index (χ0v) is 8.78. The van der Waals surface area contributed by atoms with Crippen LogP contribution in [-0.4, -0.2) is 6.18 Å². The number of hydrogen-bond donors (Lipinski definition) is 0. The van der Waals surface area contributed by atoms with Crippen LogP contribution in [0.1, 0.15) is 40.5 Å². The fraction of sp³-hybridized carbons (Fsp3) is 1.00. The maximum absolute atomic E-state index is 12.4. The predicted octanol–water partition coefficient (Wildman–Crippen LogP) is 4.26. The average Bonchev–Trinajstić information content (AvgIpc) is 1.81. The lowest BCUT2D eigenvalue weighted by atomic mass is 9.88. The second kappa shape index (κ2) is 4.87. The quantitative estimate of drug-likeness (QED) is 0.630. The molecule has 13 heavy (non-hydrogen) atoms. The van der Waals surface area contributed by atoms with Crippen LogP contribution < -0.4 is 0 Å². The van der Waals surface area contributed by atoms with Crippen LogP contribution in [0.25, 0.3) is 0 Å². The van der Waals surface area contributed by atoms with Gasteiger partial charge in [-0.3, -0.25) is 0 Å². The number of halogens is 3. The van der Waals surface area contributed by atoms with Crippen LogP contribution in [0.3, 0.4) is 0 Å². The van der Waals surface area contributed by atoms with Gasteiger partial charge in [0.2, 0.25) is 0 Å². The summed E-state index contributed by atoms with van der Waals surface area (Å²) >= 11 is 0. The number of rotatable bonds is 4. The molecule has 0 amide bonds. The van der Waals surface area contributed by atoms with Gasteiger partial charge in [-0.15, -0.1) is 0 Å². The first-order valence-corrected chi connectivity index (χ1v) is 4.81. The first kappa shape index (κ1) is 12.8. The lowest BCUT2D eigenvalue weighted by Gasteiger charge is -2.24. The Kier molecular flexibility index (Phi) is 4.79. The topological polar surface area (TPSA) is 0 Å². The number of hydrogen-bond acceptors (Lipinski definition) is 0. The SMILES string of the molecule is CC(C)CC[C@H](C(C)C)C(F)(F)F. The van der Waals surface area contributed by atoms with E-state index in [0.717, 1.165) is 0 Å². The van der Waals surface area contributed by atoms with Crippen molar-refractivity contribution in [1.29, 1.82) is 0 Å². The van der Waals surface area contributed by atoms with E-state index in [4.69, 9.17) is 0 Å². The summed E-state index contributed by atoms with van der Waals surface area (Å²) in [5, 5.41) is 0. The van der Waals surface area contributed by atoms with Gasteiger partial charge in [-0.1, -0.05) is 34.1 Å². The van der Waals surface area contributed by atoms with E-state index in [1.807, 2.05) is 13.8 Å². The molecule has 0 aliphatic heterocycles. The van der Waals surface area contributed by atoms with Crippen molar-refractivity contribution in [2.45, 2.75) is 46.7 Å². The summed E-state index contributed by atoms with van der Waals surface area (Å²) < 4.78 is 37.3. The monoisotopic (exact) mass is 196 g/mol. The molecule has 0 heterocycles. The second-order valence-corrected chi connectivity index (χ2v) is 4.36. The summed E-state index contributed by atoms with van der Waals surface area (Å²) in [6.45, 7) is 7.18. The van der Waals surface area contributed by atoms with Crippen molar-refractivity contribution in [3.8, 4) is 0 Å². The Morgan fingerprint density at radius 1 is 0.923 bits per heavy atom. The molecule has 0 N–H and O–H groups in total. The van der Waals surface area contributed by atoms with Crippen molar-refractivity contribution in [3.63, 3.8) is 0 Å². The molecule has 0 saturated heterocycles. The predicted molar refractivity (Wildman–Crippen MR) is 48.5 cm³/mol. The zero-order chi connectivity index (χ0) is 10.6. The maximum atomic E-state index is 12.4. The second-order valence-electron chi connectivity index (χ2n) is 4.36. The van der Waals surface area contributed by atoms with Gasteiger partial charge in [0.05, 0.1) is 5.92 Å². The standard InChI is InChI=1S/C10H19F3/c1-7(2)5-6-9(8(3)4)10(11,12)13/h7-9H,5-6H2,1-4H3/t9-/m1/s1. The molecule has 0 rings (SSSR count). The van der Waals surface area contributed by atoms with Crippen molar-refractivity contribution >= 4 is 0 Å². The van der Waals surface area contributed by atoms with Crippen LogP contribution in [-0.2, 0) is 0 Å². The molecular weight excluding hydrogens is 177 g/mol. The third kappa shape index (κ3) is 5.17.